The van der Waals surface area contributed by atoms with Crippen LogP contribution in [-0.2, 0) is 0 Å². The molecule has 1 heterocycles. The van der Waals surface area contributed by atoms with E-state index in [1.165, 1.54) is 0 Å². The maximum atomic E-state index is 9.16. The predicted octanol–water partition coefficient (Wildman–Crippen LogP) is -0.0983. The zero-order valence-corrected chi connectivity index (χ0v) is 8.08. The third-order valence-electron chi connectivity index (χ3n) is 2.57. The van der Waals surface area contributed by atoms with Gasteiger partial charge in [0, 0.05) is 13.0 Å². The van der Waals surface area contributed by atoms with Crippen LogP contribution in [0.15, 0.2) is 4.99 Å². The van der Waals surface area contributed by atoms with E-state index in [4.69, 9.17) is 10.2 Å². The Balaban J connectivity index is 2.55. The highest BCUT2D eigenvalue weighted by atomic mass is 16.3. The van der Waals surface area contributed by atoms with Gasteiger partial charge in [0.15, 0.2) is 0 Å². The third-order valence-corrected chi connectivity index (χ3v) is 2.57. The van der Waals surface area contributed by atoms with Crippen LogP contribution in [0.5, 0.6) is 0 Å². The summed E-state index contributed by atoms with van der Waals surface area (Å²) in [5, 5.41) is 21.4. The first-order valence-electron chi connectivity index (χ1n) is 4.79. The van der Waals surface area contributed by atoms with Crippen LogP contribution in [0.25, 0.3) is 0 Å². The number of amidine groups is 1. The van der Waals surface area contributed by atoms with E-state index in [1.807, 2.05) is 6.92 Å². The van der Waals surface area contributed by atoms with Gasteiger partial charge in [-0.05, 0) is 12.8 Å². The monoisotopic (exact) mass is 186 g/mol. The van der Waals surface area contributed by atoms with E-state index >= 15 is 0 Å². The maximum Gasteiger partial charge on any atom is 0.0969 e. The minimum Gasteiger partial charge on any atom is -0.394 e. The quantitative estimate of drug-likeness (QED) is 0.574. The second kappa shape index (κ2) is 4.58. The molecule has 3 N–H and O–H groups in total. The molecule has 0 unspecified atom stereocenters. The van der Waals surface area contributed by atoms with Gasteiger partial charge in [-0.15, -0.1) is 0 Å². The SMILES string of the molecule is CCC(CO)(CO)NC1=NCCC1. The van der Waals surface area contributed by atoms with Gasteiger partial charge >= 0.3 is 0 Å². The molecule has 0 saturated carbocycles. The summed E-state index contributed by atoms with van der Waals surface area (Å²) >= 11 is 0. The van der Waals surface area contributed by atoms with Gasteiger partial charge in [-0.2, -0.15) is 0 Å². The summed E-state index contributed by atoms with van der Waals surface area (Å²) < 4.78 is 0. The van der Waals surface area contributed by atoms with Crippen molar-refractivity contribution in [1.82, 2.24) is 5.32 Å². The Morgan fingerprint density at radius 3 is 2.54 bits per heavy atom. The van der Waals surface area contributed by atoms with Crippen molar-refractivity contribution in [3.05, 3.63) is 0 Å². The van der Waals surface area contributed by atoms with Crippen molar-refractivity contribution >= 4 is 5.84 Å². The molecule has 0 spiro atoms. The molecular formula is C9H18N2O2. The molecule has 0 aromatic rings. The topological polar surface area (TPSA) is 64.8 Å². The van der Waals surface area contributed by atoms with Crippen LogP contribution in [0.1, 0.15) is 26.2 Å². The zero-order chi connectivity index (χ0) is 9.73. The van der Waals surface area contributed by atoms with Crippen molar-refractivity contribution in [2.45, 2.75) is 31.7 Å². The highest BCUT2D eigenvalue weighted by Gasteiger charge is 2.27. The van der Waals surface area contributed by atoms with Crippen molar-refractivity contribution in [1.29, 1.82) is 0 Å². The second-order valence-electron chi connectivity index (χ2n) is 3.51. The summed E-state index contributed by atoms with van der Waals surface area (Å²) in [5.74, 6) is 0.921. The highest BCUT2D eigenvalue weighted by molar-refractivity contribution is 5.84. The molecule has 0 radical (unpaired) electrons. The van der Waals surface area contributed by atoms with Gasteiger partial charge in [0.1, 0.15) is 0 Å². The van der Waals surface area contributed by atoms with Crippen LogP contribution in [0.4, 0.5) is 0 Å². The van der Waals surface area contributed by atoms with Crippen LogP contribution in [-0.4, -0.2) is 41.3 Å². The number of hydrogen-bond donors (Lipinski definition) is 3. The molecule has 0 saturated heterocycles. The Kier molecular flexibility index (Phi) is 3.69. The highest BCUT2D eigenvalue weighted by Crippen LogP contribution is 2.11. The molecule has 1 aliphatic heterocycles. The standard InChI is InChI=1S/C9H18N2O2/c1-2-9(6-12,7-13)11-8-4-3-5-10-8/h12-13H,2-7H2,1H3,(H,10,11). The second-order valence-corrected chi connectivity index (χ2v) is 3.51. The van der Waals surface area contributed by atoms with Crippen LogP contribution in [0, 0.1) is 0 Å². The normalized spacial score (nSPS) is 17.3. The molecule has 0 amide bonds. The van der Waals surface area contributed by atoms with Crippen molar-refractivity contribution in [2.24, 2.45) is 4.99 Å². The van der Waals surface area contributed by atoms with Gasteiger partial charge in [-0.1, -0.05) is 6.92 Å². The summed E-state index contributed by atoms with van der Waals surface area (Å²) in [7, 11) is 0. The molecule has 4 nitrogen and oxygen atoms in total. The summed E-state index contributed by atoms with van der Waals surface area (Å²) in [5.41, 5.74) is -0.580. The minimum absolute atomic E-state index is 0.0565. The lowest BCUT2D eigenvalue weighted by Gasteiger charge is -2.30. The summed E-state index contributed by atoms with van der Waals surface area (Å²) in [6.45, 7) is 2.69. The zero-order valence-electron chi connectivity index (χ0n) is 8.08. The summed E-state index contributed by atoms with van der Waals surface area (Å²) in [6, 6.07) is 0. The van der Waals surface area contributed by atoms with Gasteiger partial charge in [0.2, 0.25) is 0 Å². The fourth-order valence-electron chi connectivity index (χ4n) is 1.39. The van der Waals surface area contributed by atoms with Gasteiger partial charge in [-0.3, -0.25) is 4.99 Å². The first-order valence-corrected chi connectivity index (χ1v) is 4.79. The molecule has 13 heavy (non-hydrogen) atoms. The third kappa shape index (κ3) is 2.42. The average Bonchev–Trinajstić information content (AvgIpc) is 2.67. The van der Waals surface area contributed by atoms with Crippen molar-refractivity contribution in [3.63, 3.8) is 0 Å². The van der Waals surface area contributed by atoms with E-state index in [9.17, 15) is 0 Å². The Bertz CT molecular complexity index is 180. The molecule has 1 rings (SSSR count). The minimum atomic E-state index is -0.580. The van der Waals surface area contributed by atoms with Crippen LogP contribution in [0.3, 0.4) is 0 Å². The molecule has 0 fully saturated rings. The van der Waals surface area contributed by atoms with Gasteiger partial charge in [-0.25, -0.2) is 0 Å². The Hall–Kier alpha value is -0.610. The summed E-state index contributed by atoms with van der Waals surface area (Å²) in [6.07, 6.45) is 2.69. The average molecular weight is 186 g/mol. The van der Waals surface area contributed by atoms with E-state index in [1.54, 1.807) is 0 Å². The fourth-order valence-corrected chi connectivity index (χ4v) is 1.39. The lowest BCUT2D eigenvalue weighted by atomic mass is 9.98. The first-order chi connectivity index (χ1) is 6.26. The molecule has 0 aromatic heterocycles. The molecule has 0 aromatic carbocycles. The molecule has 0 atom stereocenters. The van der Waals surface area contributed by atoms with Crippen LogP contribution < -0.4 is 5.32 Å². The number of rotatable bonds is 4. The number of aliphatic imine (C=N–C) groups is 1. The van der Waals surface area contributed by atoms with Crippen LogP contribution >= 0.6 is 0 Å². The number of nitrogens with zero attached hydrogens (tertiary/aromatic N) is 1. The van der Waals surface area contributed by atoms with E-state index in [0.717, 1.165) is 25.2 Å². The molecule has 4 heteroatoms. The van der Waals surface area contributed by atoms with E-state index in [-0.39, 0.29) is 13.2 Å². The van der Waals surface area contributed by atoms with Gasteiger partial charge in [0.25, 0.3) is 0 Å². The molecular weight excluding hydrogens is 168 g/mol. The maximum absolute atomic E-state index is 9.16. The van der Waals surface area contributed by atoms with Crippen molar-refractivity contribution in [2.75, 3.05) is 19.8 Å². The van der Waals surface area contributed by atoms with Crippen LogP contribution in [0.2, 0.25) is 0 Å². The molecule has 0 aliphatic carbocycles. The van der Waals surface area contributed by atoms with E-state index < -0.39 is 5.54 Å². The lowest BCUT2D eigenvalue weighted by molar-refractivity contribution is 0.103. The Morgan fingerprint density at radius 1 is 1.46 bits per heavy atom. The Labute approximate surface area is 78.7 Å². The lowest BCUT2D eigenvalue weighted by Crippen LogP contribution is -2.53. The molecule has 0 bridgehead atoms. The predicted molar refractivity (Wildman–Crippen MR) is 51.9 cm³/mol. The van der Waals surface area contributed by atoms with Gasteiger partial charge < -0.3 is 15.5 Å². The first kappa shape index (κ1) is 10.5. The smallest absolute Gasteiger partial charge is 0.0969 e. The number of hydrogen-bond acceptors (Lipinski definition) is 4. The van der Waals surface area contributed by atoms with E-state index in [2.05, 4.69) is 10.3 Å². The summed E-state index contributed by atoms with van der Waals surface area (Å²) in [4.78, 5) is 4.25. The Morgan fingerprint density at radius 2 is 2.15 bits per heavy atom. The fraction of sp³-hybridized carbons (Fsp3) is 0.889. The largest absolute Gasteiger partial charge is 0.394 e. The van der Waals surface area contributed by atoms with Crippen molar-refractivity contribution in [3.8, 4) is 0 Å². The van der Waals surface area contributed by atoms with E-state index in [0.29, 0.717) is 6.42 Å². The number of aliphatic hydroxyl groups excluding tert-OH is 2. The number of nitrogens with one attached hydrogen (secondary N) is 1. The molecule has 76 valence electrons. The number of aliphatic hydroxyl groups is 2. The van der Waals surface area contributed by atoms with Crippen molar-refractivity contribution < 1.29 is 10.2 Å². The van der Waals surface area contributed by atoms with Gasteiger partial charge in [0.05, 0.1) is 24.6 Å². The molecule has 1 aliphatic rings.